The summed E-state index contributed by atoms with van der Waals surface area (Å²) in [4.78, 5) is 27.6. The highest BCUT2D eigenvalue weighted by molar-refractivity contribution is 8.26. The molecule has 1 unspecified atom stereocenters. The van der Waals surface area contributed by atoms with Gasteiger partial charge in [-0.05, 0) is 47.4 Å². The first kappa shape index (κ1) is 23.7. The molecule has 1 aliphatic rings. The second kappa shape index (κ2) is 10.7. The van der Waals surface area contributed by atoms with Crippen molar-refractivity contribution in [2.45, 2.75) is 19.6 Å². The van der Waals surface area contributed by atoms with Gasteiger partial charge in [-0.1, -0.05) is 90.7 Å². The van der Waals surface area contributed by atoms with Gasteiger partial charge in [0.1, 0.15) is 16.7 Å². The Labute approximate surface area is 208 Å². The van der Waals surface area contributed by atoms with Gasteiger partial charge in [0.05, 0.1) is 12.0 Å². The van der Waals surface area contributed by atoms with Gasteiger partial charge in [-0.3, -0.25) is 9.69 Å². The van der Waals surface area contributed by atoms with E-state index in [0.29, 0.717) is 21.4 Å². The van der Waals surface area contributed by atoms with Gasteiger partial charge < -0.3 is 9.47 Å². The SMILES string of the molecule is COC(=O)C(c1ccccc1)N1C(=O)/C(=C/c2ccc(OCc3ccccc3C)cc2)SC1=S. The average molecular weight is 490 g/mol. The van der Waals surface area contributed by atoms with Crippen LogP contribution < -0.4 is 4.74 Å². The summed E-state index contributed by atoms with van der Waals surface area (Å²) < 4.78 is 11.2. The Morgan fingerprint density at radius 1 is 1.03 bits per heavy atom. The number of thioether (sulfide) groups is 1. The van der Waals surface area contributed by atoms with E-state index in [9.17, 15) is 9.59 Å². The Hall–Kier alpha value is -3.42. The predicted octanol–water partition coefficient (Wildman–Crippen LogP) is 5.69. The van der Waals surface area contributed by atoms with E-state index in [1.165, 1.54) is 29.3 Å². The van der Waals surface area contributed by atoms with Gasteiger partial charge in [-0.2, -0.15) is 0 Å². The number of hydrogen-bond donors (Lipinski definition) is 0. The summed E-state index contributed by atoms with van der Waals surface area (Å²) in [5.41, 5.74) is 3.79. The predicted molar refractivity (Wildman–Crippen MR) is 138 cm³/mol. The summed E-state index contributed by atoms with van der Waals surface area (Å²) in [6.07, 6.45) is 1.77. The average Bonchev–Trinajstić information content (AvgIpc) is 3.13. The van der Waals surface area contributed by atoms with Crippen molar-refractivity contribution in [2.75, 3.05) is 7.11 Å². The molecule has 3 aromatic carbocycles. The summed E-state index contributed by atoms with van der Waals surface area (Å²) in [7, 11) is 1.30. The van der Waals surface area contributed by atoms with Crippen LogP contribution in [0.25, 0.3) is 6.08 Å². The number of aryl methyl sites for hydroxylation is 1. The number of carbonyl (C=O) groups is 2. The molecule has 1 fully saturated rings. The lowest BCUT2D eigenvalue weighted by atomic mass is 10.1. The van der Waals surface area contributed by atoms with Crippen LogP contribution >= 0.6 is 24.0 Å². The highest BCUT2D eigenvalue weighted by atomic mass is 32.2. The quantitative estimate of drug-likeness (QED) is 0.241. The molecule has 5 nitrogen and oxygen atoms in total. The topological polar surface area (TPSA) is 55.8 Å². The highest BCUT2D eigenvalue weighted by Gasteiger charge is 2.41. The Morgan fingerprint density at radius 2 is 1.71 bits per heavy atom. The van der Waals surface area contributed by atoms with Crippen LogP contribution in [0.4, 0.5) is 0 Å². The molecule has 1 saturated heterocycles. The lowest BCUT2D eigenvalue weighted by Crippen LogP contribution is -2.37. The first-order valence-electron chi connectivity index (χ1n) is 10.6. The Kier molecular flexibility index (Phi) is 7.45. The molecule has 1 amide bonds. The van der Waals surface area contributed by atoms with Crippen LogP contribution in [0.1, 0.15) is 28.3 Å². The maximum absolute atomic E-state index is 13.2. The number of esters is 1. The molecule has 3 aromatic rings. The molecule has 7 heteroatoms. The van der Waals surface area contributed by atoms with Crippen molar-refractivity contribution in [3.05, 3.63) is 106 Å². The Morgan fingerprint density at radius 3 is 2.38 bits per heavy atom. The van der Waals surface area contributed by atoms with Crippen LogP contribution in [-0.2, 0) is 20.9 Å². The van der Waals surface area contributed by atoms with E-state index in [-0.39, 0.29) is 5.91 Å². The monoisotopic (exact) mass is 489 g/mol. The van der Waals surface area contributed by atoms with E-state index in [0.717, 1.165) is 16.9 Å². The van der Waals surface area contributed by atoms with E-state index in [2.05, 4.69) is 13.0 Å². The van der Waals surface area contributed by atoms with Crippen molar-refractivity contribution in [2.24, 2.45) is 0 Å². The van der Waals surface area contributed by atoms with E-state index in [1.54, 1.807) is 18.2 Å². The lowest BCUT2D eigenvalue weighted by molar-refractivity contribution is -0.148. The summed E-state index contributed by atoms with van der Waals surface area (Å²) in [6.45, 7) is 2.54. The number of carbonyl (C=O) groups excluding carboxylic acids is 2. The molecular formula is C27H23NO4S2. The fourth-order valence-electron chi connectivity index (χ4n) is 3.58. The van der Waals surface area contributed by atoms with Crippen LogP contribution in [0, 0.1) is 6.92 Å². The minimum absolute atomic E-state index is 0.314. The molecule has 34 heavy (non-hydrogen) atoms. The zero-order valence-electron chi connectivity index (χ0n) is 18.8. The van der Waals surface area contributed by atoms with Crippen LogP contribution in [0.2, 0.25) is 0 Å². The Balaban J connectivity index is 1.50. The summed E-state index contributed by atoms with van der Waals surface area (Å²) in [6, 6.07) is 23.7. The van der Waals surface area contributed by atoms with Gasteiger partial charge >= 0.3 is 5.97 Å². The summed E-state index contributed by atoms with van der Waals surface area (Å²) >= 11 is 6.64. The van der Waals surface area contributed by atoms with Crippen molar-refractivity contribution < 1.29 is 19.1 Å². The second-order valence-corrected chi connectivity index (χ2v) is 9.35. The van der Waals surface area contributed by atoms with Crippen molar-refractivity contribution >= 4 is 46.3 Å². The van der Waals surface area contributed by atoms with Gasteiger partial charge in [0.25, 0.3) is 5.91 Å². The molecule has 0 saturated carbocycles. The molecule has 172 valence electrons. The number of ether oxygens (including phenoxy) is 2. The standard InChI is InChI=1S/C27H23NO4S2/c1-18-8-6-7-11-21(18)17-32-22-14-12-19(13-15-22)16-23-25(29)28(27(33)34-23)24(26(30)31-2)20-9-4-3-5-10-20/h3-16,24H,17H2,1-2H3/b23-16-. The molecule has 0 N–H and O–H groups in total. The van der Waals surface area contributed by atoms with Gasteiger partial charge in [0, 0.05) is 0 Å². The highest BCUT2D eigenvalue weighted by Crippen LogP contribution is 2.38. The first-order valence-corrected chi connectivity index (χ1v) is 11.9. The van der Waals surface area contributed by atoms with Crippen LogP contribution in [0.15, 0.2) is 83.8 Å². The maximum Gasteiger partial charge on any atom is 0.333 e. The molecule has 0 aliphatic carbocycles. The number of hydrogen-bond acceptors (Lipinski definition) is 6. The minimum atomic E-state index is -0.929. The number of nitrogens with zero attached hydrogens (tertiary/aromatic N) is 1. The minimum Gasteiger partial charge on any atom is -0.489 e. The third-order valence-corrected chi connectivity index (χ3v) is 6.79. The van der Waals surface area contributed by atoms with Crippen molar-refractivity contribution in [3.8, 4) is 5.75 Å². The molecular weight excluding hydrogens is 466 g/mol. The molecule has 0 bridgehead atoms. The fraction of sp³-hybridized carbons (Fsp3) is 0.148. The zero-order valence-corrected chi connectivity index (χ0v) is 20.4. The van der Waals surface area contributed by atoms with Gasteiger partial charge in [0.2, 0.25) is 0 Å². The number of amides is 1. The number of thiocarbonyl (C=S) groups is 1. The van der Waals surface area contributed by atoms with Crippen molar-refractivity contribution in [1.29, 1.82) is 0 Å². The van der Waals surface area contributed by atoms with Crippen LogP contribution in [0.5, 0.6) is 5.75 Å². The number of methoxy groups -OCH3 is 1. The van der Waals surface area contributed by atoms with E-state index in [4.69, 9.17) is 21.7 Å². The Bertz CT molecular complexity index is 1240. The molecule has 0 radical (unpaired) electrons. The normalized spacial score (nSPS) is 15.5. The molecule has 0 spiro atoms. The smallest absolute Gasteiger partial charge is 0.333 e. The lowest BCUT2D eigenvalue weighted by Gasteiger charge is -2.24. The van der Waals surface area contributed by atoms with Crippen LogP contribution in [0.3, 0.4) is 0 Å². The van der Waals surface area contributed by atoms with Crippen molar-refractivity contribution in [3.63, 3.8) is 0 Å². The molecule has 1 aliphatic heterocycles. The maximum atomic E-state index is 13.2. The third kappa shape index (κ3) is 5.21. The van der Waals surface area contributed by atoms with Gasteiger partial charge in [-0.25, -0.2) is 4.79 Å². The third-order valence-electron chi connectivity index (χ3n) is 5.45. The van der Waals surface area contributed by atoms with Gasteiger partial charge in [-0.15, -0.1) is 0 Å². The molecule has 1 atom stereocenters. The zero-order chi connectivity index (χ0) is 24.1. The van der Waals surface area contributed by atoms with E-state index >= 15 is 0 Å². The molecule has 0 aromatic heterocycles. The molecule has 1 heterocycles. The summed E-state index contributed by atoms with van der Waals surface area (Å²) in [5.74, 6) is -0.129. The summed E-state index contributed by atoms with van der Waals surface area (Å²) in [5, 5.41) is 0. The van der Waals surface area contributed by atoms with E-state index < -0.39 is 12.0 Å². The van der Waals surface area contributed by atoms with Crippen LogP contribution in [-0.4, -0.2) is 28.2 Å². The fourth-order valence-corrected chi connectivity index (χ4v) is 4.90. The van der Waals surface area contributed by atoms with Gasteiger partial charge in [0.15, 0.2) is 6.04 Å². The number of rotatable bonds is 7. The van der Waals surface area contributed by atoms with E-state index in [1.807, 2.05) is 60.7 Å². The first-order chi connectivity index (χ1) is 16.5. The molecule has 4 rings (SSSR count). The van der Waals surface area contributed by atoms with Crippen molar-refractivity contribution in [1.82, 2.24) is 4.90 Å². The second-order valence-electron chi connectivity index (χ2n) is 7.67. The largest absolute Gasteiger partial charge is 0.489 e. The number of benzene rings is 3.